The van der Waals surface area contributed by atoms with Gasteiger partial charge in [-0.25, -0.2) is 13.9 Å². The second kappa shape index (κ2) is 8.47. The number of nitrogens with one attached hydrogen (secondary N) is 2. The number of hydrogen-bond donors (Lipinski definition) is 2. The lowest BCUT2D eigenvalue weighted by Crippen LogP contribution is -2.35. The molecule has 0 radical (unpaired) electrons. The molecule has 1 heterocycles. The van der Waals surface area contributed by atoms with Gasteiger partial charge in [-0.05, 0) is 19.1 Å². The molecule has 0 aliphatic carbocycles. The van der Waals surface area contributed by atoms with Crippen molar-refractivity contribution in [2.45, 2.75) is 13.1 Å². The molecule has 0 aliphatic rings. The molecule has 0 saturated carbocycles. The Balaban J connectivity index is 2.19. The van der Waals surface area contributed by atoms with Gasteiger partial charge in [-0.15, -0.1) is 5.10 Å². The van der Waals surface area contributed by atoms with Crippen LogP contribution < -0.4 is 10.6 Å². The molecule has 0 saturated heterocycles. The number of ether oxygens (including phenoxy) is 1. The average Bonchev–Trinajstić information content (AvgIpc) is 3.04. The maximum atomic E-state index is 13.8. The zero-order valence-corrected chi connectivity index (χ0v) is 14.0. The normalized spacial score (nSPS) is 11.1. The van der Waals surface area contributed by atoms with Crippen LogP contribution in [-0.2, 0) is 10.9 Å². The highest BCUT2D eigenvalue weighted by molar-refractivity contribution is 5.93. The second-order valence-electron chi connectivity index (χ2n) is 5.05. The number of nitrogens with zero attached hydrogens (tertiary/aromatic N) is 3. The van der Waals surface area contributed by atoms with E-state index in [0.29, 0.717) is 0 Å². The van der Waals surface area contributed by atoms with E-state index in [2.05, 4.69) is 25.7 Å². The molecule has 1 aromatic carbocycles. The lowest BCUT2D eigenvalue weighted by atomic mass is 10.2. The summed E-state index contributed by atoms with van der Waals surface area (Å²) in [5, 5.41) is 11.0. The van der Waals surface area contributed by atoms with Crippen LogP contribution in [0.15, 0.2) is 24.3 Å². The van der Waals surface area contributed by atoms with Gasteiger partial charge in [0.25, 0.3) is 5.91 Å². The van der Waals surface area contributed by atoms with Gasteiger partial charge in [-0.2, -0.15) is 13.2 Å². The van der Waals surface area contributed by atoms with Crippen LogP contribution in [0, 0.1) is 5.82 Å². The van der Waals surface area contributed by atoms with Gasteiger partial charge in [0, 0.05) is 13.1 Å². The molecule has 27 heavy (non-hydrogen) atoms. The number of alkyl halides is 3. The summed E-state index contributed by atoms with van der Waals surface area (Å²) in [6.07, 6.45) is -5.74. The number of carbonyl (C=O) groups excluding carboxylic acids is 2. The van der Waals surface area contributed by atoms with E-state index in [4.69, 9.17) is 0 Å². The van der Waals surface area contributed by atoms with Crippen molar-refractivity contribution in [2.24, 2.45) is 0 Å². The standard InChI is InChI=1S/C15H15F4N5O3/c1-2-27-14(26)21-8-7-20-13(25)11-12(15(17,18)19)24(23-22-11)10-6-4-3-5-9(10)16/h3-6H,2,7-8H2,1H3,(H,20,25)(H,21,26). The van der Waals surface area contributed by atoms with Crippen LogP contribution in [0.25, 0.3) is 5.69 Å². The number of benzene rings is 1. The van der Waals surface area contributed by atoms with E-state index in [-0.39, 0.29) is 24.4 Å². The molecule has 146 valence electrons. The Morgan fingerprint density at radius 2 is 1.85 bits per heavy atom. The first-order chi connectivity index (χ1) is 12.8. The molecule has 0 atom stereocenters. The molecule has 2 N–H and O–H groups in total. The molecule has 0 spiro atoms. The van der Waals surface area contributed by atoms with Crippen LogP contribution in [0.1, 0.15) is 23.1 Å². The van der Waals surface area contributed by atoms with Crippen molar-refractivity contribution in [3.05, 3.63) is 41.5 Å². The topological polar surface area (TPSA) is 98.1 Å². The third-order valence-electron chi connectivity index (χ3n) is 3.19. The Hall–Kier alpha value is -3.18. The lowest BCUT2D eigenvalue weighted by molar-refractivity contribution is -0.143. The van der Waals surface area contributed by atoms with E-state index >= 15 is 0 Å². The third kappa shape index (κ3) is 4.92. The minimum absolute atomic E-state index is 0.0760. The molecular formula is C15H15F4N5O3. The summed E-state index contributed by atoms with van der Waals surface area (Å²) < 4.78 is 58.9. The quantitative estimate of drug-likeness (QED) is 0.581. The molecule has 2 amide bonds. The third-order valence-corrected chi connectivity index (χ3v) is 3.19. The van der Waals surface area contributed by atoms with Crippen molar-refractivity contribution < 1.29 is 31.9 Å². The largest absolute Gasteiger partial charge is 0.450 e. The number of alkyl carbamates (subject to hydrolysis) is 1. The van der Waals surface area contributed by atoms with Gasteiger partial charge in [0.1, 0.15) is 11.5 Å². The van der Waals surface area contributed by atoms with Crippen LogP contribution in [0.2, 0.25) is 0 Å². The summed E-state index contributed by atoms with van der Waals surface area (Å²) >= 11 is 0. The monoisotopic (exact) mass is 389 g/mol. The van der Waals surface area contributed by atoms with E-state index in [1.807, 2.05) is 0 Å². The number of carbonyl (C=O) groups is 2. The molecule has 0 bridgehead atoms. The minimum atomic E-state index is -5.01. The van der Waals surface area contributed by atoms with Crippen molar-refractivity contribution in [2.75, 3.05) is 19.7 Å². The Labute approximate surface area is 150 Å². The summed E-state index contributed by atoms with van der Waals surface area (Å²) in [5.41, 5.74) is -3.02. The smallest absolute Gasteiger partial charge is 0.435 e. The molecule has 1 aromatic heterocycles. The molecule has 0 aliphatic heterocycles. The minimum Gasteiger partial charge on any atom is -0.450 e. The van der Waals surface area contributed by atoms with Gasteiger partial charge in [0.05, 0.1) is 6.61 Å². The Morgan fingerprint density at radius 1 is 1.19 bits per heavy atom. The average molecular weight is 389 g/mol. The fourth-order valence-corrected chi connectivity index (χ4v) is 2.09. The summed E-state index contributed by atoms with van der Waals surface area (Å²) in [6.45, 7) is 1.49. The number of rotatable bonds is 6. The number of halogens is 4. The van der Waals surface area contributed by atoms with E-state index in [1.165, 1.54) is 12.1 Å². The predicted octanol–water partition coefficient (Wildman–Crippen LogP) is 1.90. The zero-order valence-electron chi connectivity index (χ0n) is 14.0. The Kier molecular flexibility index (Phi) is 6.32. The van der Waals surface area contributed by atoms with Gasteiger partial charge in [-0.1, -0.05) is 17.3 Å². The molecule has 8 nitrogen and oxygen atoms in total. The summed E-state index contributed by atoms with van der Waals surface area (Å²) in [5.74, 6) is -2.13. The van der Waals surface area contributed by atoms with Gasteiger partial charge < -0.3 is 15.4 Å². The first-order valence-electron chi connectivity index (χ1n) is 7.72. The highest BCUT2D eigenvalue weighted by atomic mass is 19.4. The van der Waals surface area contributed by atoms with Gasteiger partial charge >= 0.3 is 12.3 Å². The number of aromatic nitrogens is 3. The molecule has 2 aromatic rings. The van der Waals surface area contributed by atoms with E-state index < -0.39 is 41.1 Å². The van der Waals surface area contributed by atoms with Crippen molar-refractivity contribution >= 4 is 12.0 Å². The van der Waals surface area contributed by atoms with Crippen LogP contribution in [-0.4, -0.2) is 46.7 Å². The Morgan fingerprint density at radius 3 is 2.48 bits per heavy atom. The molecule has 0 fully saturated rings. The van der Waals surface area contributed by atoms with Crippen molar-refractivity contribution in [3.63, 3.8) is 0 Å². The highest BCUT2D eigenvalue weighted by Crippen LogP contribution is 2.33. The highest BCUT2D eigenvalue weighted by Gasteiger charge is 2.42. The molecule has 2 rings (SSSR count). The fourth-order valence-electron chi connectivity index (χ4n) is 2.09. The number of amides is 2. The van der Waals surface area contributed by atoms with Crippen molar-refractivity contribution in [1.29, 1.82) is 0 Å². The SMILES string of the molecule is CCOC(=O)NCCNC(=O)c1nnn(-c2ccccc2F)c1C(F)(F)F. The van der Waals surface area contributed by atoms with Crippen LogP contribution in [0.3, 0.4) is 0 Å². The van der Waals surface area contributed by atoms with Crippen LogP contribution >= 0.6 is 0 Å². The van der Waals surface area contributed by atoms with Crippen LogP contribution in [0.5, 0.6) is 0 Å². The number of hydrogen-bond acceptors (Lipinski definition) is 5. The second-order valence-corrected chi connectivity index (χ2v) is 5.05. The van der Waals surface area contributed by atoms with Crippen molar-refractivity contribution in [1.82, 2.24) is 25.6 Å². The number of para-hydroxylation sites is 1. The summed E-state index contributed by atoms with van der Waals surface area (Å²) in [4.78, 5) is 23.1. The van der Waals surface area contributed by atoms with E-state index in [1.54, 1.807) is 6.92 Å². The van der Waals surface area contributed by atoms with Gasteiger partial charge in [-0.3, -0.25) is 4.79 Å². The summed E-state index contributed by atoms with van der Waals surface area (Å²) in [7, 11) is 0. The van der Waals surface area contributed by atoms with Gasteiger partial charge in [0.15, 0.2) is 11.4 Å². The first kappa shape index (κ1) is 20.1. The molecule has 12 heteroatoms. The van der Waals surface area contributed by atoms with E-state index in [9.17, 15) is 27.2 Å². The predicted molar refractivity (Wildman–Crippen MR) is 83.7 cm³/mol. The Bertz CT molecular complexity index is 822. The summed E-state index contributed by atoms with van der Waals surface area (Å²) in [6, 6.07) is 4.65. The maximum absolute atomic E-state index is 13.8. The molecule has 0 unspecified atom stereocenters. The van der Waals surface area contributed by atoms with Crippen LogP contribution in [0.4, 0.5) is 22.4 Å². The van der Waals surface area contributed by atoms with Gasteiger partial charge in [0.2, 0.25) is 0 Å². The van der Waals surface area contributed by atoms with Crippen molar-refractivity contribution in [3.8, 4) is 5.69 Å². The zero-order chi connectivity index (χ0) is 20.0. The molecular weight excluding hydrogens is 374 g/mol. The maximum Gasteiger partial charge on any atom is 0.435 e. The lowest BCUT2D eigenvalue weighted by Gasteiger charge is -2.12. The fraction of sp³-hybridized carbons (Fsp3) is 0.333. The first-order valence-corrected chi connectivity index (χ1v) is 7.72. The van der Waals surface area contributed by atoms with E-state index in [0.717, 1.165) is 12.1 Å².